The summed E-state index contributed by atoms with van der Waals surface area (Å²) in [6, 6.07) is 5.57. The summed E-state index contributed by atoms with van der Waals surface area (Å²) in [5, 5.41) is 20.0. The molecule has 0 spiro atoms. The predicted octanol–water partition coefficient (Wildman–Crippen LogP) is 1.64. The van der Waals surface area contributed by atoms with Crippen LogP contribution < -0.4 is 11.1 Å². The molecule has 7 nitrogen and oxygen atoms in total. The van der Waals surface area contributed by atoms with Gasteiger partial charge in [0.2, 0.25) is 5.91 Å². The zero-order valence-electron chi connectivity index (χ0n) is 12.5. The highest BCUT2D eigenvalue weighted by molar-refractivity contribution is 7.12. The van der Waals surface area contributed by atoms with Gasteiger partial charge in [0.1, 0.15) is 11.6 Å². The molecule has 0 bridgehead atoms. The molecule has 2 aromatic heterocycles. The Balaban J connectivity index is 1.65. The van der Waals surface area contributed by atoms with Crippen LogP contribution in [0.2, 0.25) is 0 Å². The first-order valence-corrected chi connectivity index (χ1v) is 8.06. The van der Waals surface area contributed by atoms with E-state index < -0.39 is 0 Å². The van der Waals surface area contributed by atoms with Crippen LogP contribution in [-0.2, 0) is 11.2 Å². The molecule has 0 saturated heterocycles. The van der Waals surface area contributed by atoms with Crippen LogP contribution in [0.3, 0.4) is 0 Å². The number of amides is 1. The van der Waals surface area contributed by atoms with Gasteiger partial charge in [-0.3, -0.25) is 14.7 Å². The fourth-order valence-electron chi connectivity index (χ4n) is 2.07. The number of hydrogen-bond acceptors (Lipinski definition) is 6. The van der Waals surface area contributed by atoms with Gasteiger partial charge in [-0.05, 0) is 24.3 Å². The molecule has 0 radical (unpaired) electrons. The highest BCUT2D eigenvalue weighted by atomic mass is 32.1. The maximum Gasteiger partial charge on any atom is 0.220 e. The van der Waals surface area contributed by atoms with Crippen LogP contribution >= 0.6 is 11.3 Å². The Kier molecular flexibility index (Phi) is 5.88. The lowest BCUT2D eigenvalue weighted by Gasteiger charge is -2.04. The quantitative estimate of drug-likeness (QED) is 0.501. The third kappa shape index (κ3) is 4.66. The van der Waals surface area contributed by atoms with Gasteiger partial charge in [-0.25, -0.2) is 0 Å². The van der Waals surface area contributed by atoms with Gasteiger partial charge in [-0.2, -0.15) is 10.4 Å². The zero-order valence-corrected chi connectivity index (χ0v) is 13.3. The fraction of sp³-hybridized carbons (Fsp3) is 0.333. The van der Waals surface area contributed by atoms with Crippen molar-refractivity contribution in [3.63, 3.8) is 0 Å². The molecule has 1 amide bonds. The van der Waals surface area contributed by atoms with E-state index in [1.165, 1.54) is 11.3 Å². The maximum absolute atomic E-state index is 11.8. The summed E-state index contributed by atoms with van der Waals surface area (Å²) in [6.07, 6.45) is 1.61. The molecule has 2 heterocycles. The molecule has 0 fully saturated rings. The van der Waals surface area contributed by atoms with Crippen molar-refractivity contribution in [3.05, 3.63) is 33.6 Å². The summed E-state index contributed by atoms with van der Waals surface area (Å²) in [7, 11) is 0. The highest BCUT2D eigenvalue weighted by Gasteiger charge is 2.11. The van der Waals surface area contributed by atoms with Crippen LogP contribution in [-0.4, -0.2) is 28.4 Å². The summed E-state index contributed by atoms with van der Waals surface area (Å²) in [4.78, 5) is 24.2. The summed E-state index contributed by atoms with van der Waals surface area (Å²) < 4.78 is 0. The van der Waals surface area contributed by atoms with E-state index in [-0.39, 0.29) is 30.3 Å². The lowest BCUT2D eigenvalue weighted by molar-refractivity contribution is -0.121. The Morgan fingerprint density at radius 2 is 2.26 bits per heavy atom. The molecular weight excluding hydrogens is 314 g/mol. The van der Waals surface area contributed by atoms with Gasteiger partial charge in [-0.15, -0.1) is 11.3 Å². The van der Waals surface area contributed by atoms with Crippen LogP contribution in [0.4, 0.5) is 5.82 Å². The molecule has 0 atom stereocenters. The van der Waals surface area contributed by atoms with Crippen molar-refractivity contribution < 1.29 is 9.59 Å². The SMILES string of the molecule is N#Cc1c(N)n[nH]c1CCCNC(=O)CCC(=O)c1cccs1. The molecule has 0 aliphatic rings. The van der Waals surface area contributed by atoms with E-state index in [4.69, 9.17) is 11.0 Å². The molecule has 2 rings (SSSR count). The molecular formula is C15H17N5O2S. The van der Waals surface area contributed by atoms with E-state index in [9.17, 15) is 9.59 Å². The molecule has 0 aliphatic heterocycles. The van der Waals surface area contributed by atoms with Gasteiger partial charge in [0.05, 0.1) is 10.6 Å². The standard InChI is InChI=1S/C15H17N5O2S/c16-9-10-11(19-20-15(10)17)3-1-7-18-14(22)6-5-12(21)13-4-2-8-23-13/h2,4,8H,1,3,5-7H2,(H,18,22)(H3,17,19,20). The second kappa shape index (κ2) is 8.10. The number of ketones is 1. The number of aryl methyl sites for hydroxylation is 1. The molecule has 2 aromatic rings. The lowest BCUT2D eigenvalue weighted by Crippen LogP contribution is -2.25. The van der Waals surface area contributed by atoms with Gasteiger partial charge < -0.3 is 11.1 Å². The number of nitriles is 1. The number of aromatic nitrogens is 2. The van der Waals surface area contributed by atoms with E-state index >= 15 is 0 Å². The van der Waals surface area contributed by atoms with Gasteiger partial charge in [0, 0.05) is 19.4 Å². The number of aromatic amines is 1. The second-order valence-electron chi connectivity index (χ2n) is 4.93. The van der Waals surface area contributed by atoms with Crippen LogP contribution in [0.15, 0.2) is 17.5 Å². The summed E-state index contributed by atoms with van der Waals surface area (Å²) in [5.41, 5.74) is 6.58. The molecule has 4 N–H and O–H groups in total. The number of nitrogens with one attached hydrogen (secondary N) is 2. The molecule has 0 aliphatic carbocycles. The zero-order chi connectivity index (χ0) is 16.7. The van der Waals surface area contributed by atoms with Crippen LogP contribution in [0.5, 0.6) is 0 Å². The first-order valence-electron chi connectivity index (χ1n) is 7.18. The van der Waals surface area contributed by atoms with Crippen molar-refractivity contribution in [1.29, 1.82) is 5.26 Å². The number of Topliss-reactive ketones (excluding diaryl/α,β-unsaturated/α-hetero) is 1. The van der Waals surface area contributed by atoms with Gasteiger partial charge in [0.25, 0.3) is 0 Å². The second-order valence-corrected chi connectivity index (χ2v) is 5.88. The van der Waals surface area contributed by atoms with Crippen molar-refractivity contribution >= 4 is 28.8 Å². The number of hydrogen-bond donors (Lipinski definition) is 3. The van der Waals surface area contributed by atoms with Gasteiger partial charge in [0.15, 0.2) is 11.6 Å². The van der Waals surface area contributed by atoms with E-state index in [0.29, 0.717) is 35.5 Å². The highest BCUT2D eigenvalue weighted by Crippen LogP contribution is 2.13. The topological polar surface area (TPSA) is 125 Å². The van der Waals surface area contributed by atoms with E-state index in [0.717, 1.165) is 0 Å². The van der Waals surface area contributed by atoms with E-state index in [2.05, 4.69) is 15.5 Å². The number of carbonyl (C=O) groups is 2. The smallest absolute Gasteiger partial charge is 0.220 e. The van der Waals surface area contributed by atoms with Gasteiger partial charge >= 0.3 is 0 Å². The number of H-pyrrole nitrogens is 1. The molecule has 8 heteroatoms. The predicted molar refractivity (Wildman–Crippen MR) is 86.9 cm³/mol. The Morgan fingerprint density at radius 1 is 1.43 bits per heavy atom. The van der Waals surface area contributed by atoms with Crippen molar-refractivity contribution in [2.45, 2.75) is 25.7 Å². The van der Waals surface area contributed by atoms with Crippen molar-refractivity contribution in [2.75, 3.05) is 12.3 Å². The Hall–Kier alpha value is -2.66. The fourth-order valence-corrected chi connectivity index (χ4v) is 2.76. The number of nitrogens with zero attached hydrogens (tertiary/aromatic N) is 2. The molecule has 0 unspecified atom stereocenters. The normalized spacial score (nSPS) is 10.2. The molecule has 0 aromatic carbocycles. The van der Waals surface area contributed by atoms with Crippen LogP contribution in [0.1, 0.15) is 40.2 Å². The van der Waals surface area contributed by atoms with Crippen LogP contribution in [0, 0.1) is 11.3 Å². The summed E-state index contributed by atoms with van der Waals surface area (Å²) in [6.45, 7) is 0.468. The lowest BCUT2D eigenvalue weighted by atomic mass is 10.1. The average molecular weight is 331 g/mol. The summed E-state index contributed by atoms with van der Waals surface area (Å²) >= 11 is 1.38. The Labute approximate surface area is 137 Å². The summed E-state index contributed by atoms with van der Waals surface area (Å²) in [5.74, 6) is 0.0277. The Bertz CT molecular complexity index is 715. The minimum Gasteiger partial charge on any atom is -0.381 e. The number of nitrogens with two attached hydrogens (primary N) is 1. The monoisotopic (exact) mass is 331 g/mol. The largest absolute Gasteiger partial charge is 0.381 e. The van der Waals surface area contributed by atoms with Crippen molar-refractivity contribution in [2.24, 2.45) is 0 Å². The van der Waals surface area contributed by atoms with E-state index in [1.807, 2.05) is 17.5 Å². The molecule has 120 valence electrons. The third-order valence-electron chi connectivity index (χ3n) is 3.28. The first kappa shape index (κ1) is 16.7. The number of rotatable bonds is 8. The first-order chi connectivity index (χ1) is 11.1. The number of carbonyl (C=O) groups excluding carboxylic acids is 2. The van der Waals surface area contributed by atoms with Gasteiger partial charge in [-0.1, -0.05) is 6.07 Å². The Morgan fingerprint density at radius 3 is 2.96 bits per heavy atom. The number of anilines is 1. The van der Waals surface area contributed by atoms with Crippen molar-refractivity contribution in [3.8, 4) is 6.07 Å². The van der Waals surface area contributed by atoms with Crippen LogP contribution in [0.25, 0.3) is 0 Å². The molecule has 0 saturated carbocycles. The maximum atomic E-state index is 11.8. The van der Waals surface area contributed by atoms with E-state index in [1.54, 1.807) is 6.07 Å². The number of nitrogen functional groups attached to an aromatic ring is 1. The number of thiophene rings is 1. The third-order valence-corrected chi connectivity index (χ3v) is 4.19. The van der Waals surface area contributed by atoms with Crippen molar-refractivity contribution in [1.82, 2.24) is 15.5 Å². The molecule has 23 heavy (non-hydrogen) atoms. The minimum atomic E-state index is -0.153. The minimum absolute atomic E-state index is 0.0123. The average Bonchev–Trinajstić information content (AvgIpc) is 3.19.